The van der Waals surface area contributed by atoms with Crippen LogP contribution in [-0.2, 0) is 0 Å². The fourth-order valence-electron chi connectivity index (χ4n) is 2.66. The number of piperidine rings is 1. The third-order valence-electron chi connectivity index (χ3n) is 3.61. The molecule has 1 aromatic heterocycles. The molecule has 1 N–H and O–H groups in total. The van der Waals surface area contributed by atoms with Crippen molar-refractivity contribution in [2.75, 3.05) is 18.0 Å². The first kappa shape index (κ1) is 12.0. The van der Waals surface area contributed by atoms with Crippen LogP contribution in [0.15, 0.2) is 30.3 Å². The van der Waals surface area contributed by atoms with Crippen LogP contribution in [0.4, 0.5) is 5.69 Å². The third-order valence-corrected chi connectivity index (χ3v) is 3.61. The topological polar surface area (TPSA) is 53.4 Å². The molecule has 1 aliphatic heterocycles. The number of rotatable bonds is 2. The summed E-state index contributed by atoms with van der Waals surface area (Å²) >= 11 is 0. The Morgan fingerprint density at radius 1 is 1.16 bits per heavy atom. The molecule has 4 nitrogen and oxygen atoms in total. The number of aromatic carboxylic acids is 1. The highest BCUT2D eigenvalue weighted by Gasteiger charge is 2.17. The van der Waals surface area contributed by atoms with Gasteiger partial charge in [-0.1, -0.05) is 18.2 Å². The monoisotopic (exact) mass is 256 g/mol. The zero-order chi connectivity index (χ0) is 13.2. The van der Waals surface area contributed by atoms with Crippen LogP contribution in [0.3, 0.4) is 0 Å². The molecule has 98 valence electrons. The molecule has 0 unspecified atom stereocenters. The molecule has 0 bridgehead atoms. The Labute approximate surface area is 111 Å². The van der Waals surface area contributed by atoms with Gasteiger partial charge < -0.3 is 10.0 Å². The lowest BCUT2D eigenvalue weighted by molar-refractivity contribution is 0.0691. The molecule has 19 heavy (non-hydrogen) atoms. The van der Waals surface area contributed by atoms with Gasteiger partial charge in [-0.15, -0.1) is 0 Å². The first-order valence-corrected chi connectivity index (χ1v) is 6.64. The highest BCUT2D eigenvalue weighted by Crippen LogP contribution is 2.29. The fraction of sp³-hybridized carbons (Fsp3) is 0.333. The molecule has 2 heterocycles. The van der Waals surface area contributed by atoms with Crippen molar-refractivity contribution in [1.29, 1.82) is 0 Å². The molecule has 1 fully saturated rings. The number of carbonyl (C=O) groups is 1. The van der Waals surface area contributed by atoms with Crippen molar-refractivity contribution in [2.45, 2.75) is 19.3 Å². The highest BCUT2D eigenvalue weighted by molar-refractivity contribution is 5.97. The Balaban J connectivity index is 2.16. The summed E-state index contributed by atoms with van der Waals surface area (Å²) in [5.74, 6) is -0.969. The second-order valence-corrected chi connectivity index (χ2v) is 4.90. The van der Waals surface area contributed by atoms with Crippen LogP contribution in [0.5, 0.6) is 0 Å². The molecular formula is C15H16N2O2. The molecule has 0 atom stereocenters. The fourth-order valence-corrected chi connectivity index (χ4v) is 2.66. The van der Waals surface area contributed by atoms with Crippen LogP contribution in [0.2, 0.25) is 0 Å². The maximum Gasteiger partial charge on any atom is 0.354 e. The Bertz CT molecular complexity index is 619. The lowest BCUT2D eigenvalue weighted by Crippen LogP contribution is -2.29. The largest absolute Gasteiger partial charge is 0.477 e. The zero-order valence-electron chi connectivity index (χ0n) is 10.7. The number of para-hydroxylation sites is 1. The van der Waals surface area contributed by atoms with Gasteiger partial charge in [0.05, 0.1) is 5.52 Å². The van der Waals surface area contributed by atoms with Crippen LogP contribution in [-0.4, -0.2) is 29.1 Å². The van der Waals surface area contributed by atoms with E-state index in [2.05, 4.69) is 9.88 Å². The number of fused-ring (bicyclic) bond motifs is 1. The van der Waals surface area contributed by atoms with Crippen molar-refractivity contribution in [3.63, 3.8) is 0 Å². The number of anilines is 1. The van der Waals surface area contributed by atoms with Gasteiger partial charge in [0.15, 0.2) is 5.69 Å². The van der Waals surface area contributed by atoms with Crippen molar-refractivity contribution in [1.82, 2.24) is 4.98 Å². The van der Waals surface area contributed by atoms with E-state index in [1.165, 1.54) is 19.3 Å². The zero-order valence-corrected chi connectivity index (χ0v) is 10.7. The van der Waals surface area contributed by atoms with E-state index >= 15 is 0 Å². The van der Waals surface area contributed by atoms with E-state index in [-0.39, 0.29) is 5.69 Å². The molecule has 1 aliphatic rings. The summed E-state index contributed by atoms with van der Waals surface area (Å²) in [6, 6.07) is 9.45. The minimum atomic E-state index is -0.969. The molecular weight excluding hydrogens is 240 g/mol. The van der Waals surface area contributed by atoms with Crippen LogP contribution in [0, 0.1) is 0 Å². The molecule has 0 saturated carbocycles. The summed E-state index contributed by atoms with van der Waals surface area (Å²) in [7, 11) is 0. The summed E-state index contributed by atoms with van der Waals surface area (Å²) in [5.41, 5.74) is 1.88. The van der Waals surface area contributed by atoms with E-state index in [9.17, 15) is 9.90 Å². The summed E-state index contributed by atoms with van der Waals surface area (Å²) in [5, 5.41) is 10.2. The summed E-state index contributed by atoms with van der Waals surface area (Å²) in [6.07, 6.45) is 3.59. The van der Waals surface area contributed by atoms with Crippen LogP contribution in [0.1, 0.15) is 29.8 Å². The molecule has 0 amide bonds. The minimum Gasteiger partial charge on any atom is -0.477 e. The maximum atomic E-state index is 11.2. The number of nitrogens with zero attached hydrogens (tertiary/aromatic N) is 2. The molecule has 1 saturated heterocycles. The summed E-state index contributed by atoms with van der Waals surface area (Å²) in [4.78, 5) is 17.7. The van der Waals surface area contributed by atoms with E-state index in [4.69, 9.17) is 0 Å². The molecule has 2 aromatic rings. The Kier molecular flexibility index (Phi) is 3.07. The Morgan fingerprint density at radius 3 is 2.63 bits per heavy atom. The number of carboxylic acids is 1. The maximum absolute atomic E-state index is 11.2. The van der Waals surface area contributed by atoms with E-state index in [0.29, 0.717) is 0 Å². The van der Waals surface area contributed by atoms with Crippen LogP contribution in [0.25, 0.3) is 10.9 Å². The number of benzene rings is 1. The van der Waals surface area contributed by atoms with Crippen molar-refractivity contribution in [3.8, 4) is 0 Å². The summed E-state index contributed by atoms with van der Waals surface area (Å²) < 4.78 is 0. The second-order valence-electron chi connectivity index (χ2n) is 4.90. The Hall–Kier alpha value is -2.10. The van der Waals surface area contributed by atoms with Crippen molar-refractivity contribution in [3.05, 3.63) is 36.0 Å². The van der Waals surface area contributed by atoms with Gasteiger partial charge in [0.1, 0.15) is 0 Å². The van der Waals surface area contributed by atoms with E-state index in [0.717, 1.165) is 29.7 Å². The standard InChI is InChI=1S/C15H16N2O2/c18-15(19)13-10-14(17-8-4-1-5-9-17)11-6-2-3-7-12(11)16-13/h2-3,6-7,10H,1,4-5,8-9H2,(H,18,19). The first-order valence-electron chi connectivity index (χ1n) is 6.64. The molecule has 1 aromatic carbocycles. The SMILES string of the molecule is O=C(O)c1cc(N2CCCCC2)c2ccccc2n1. The quantitative estimate of drug-likeness (QED) is 0.897. The summed E-state index contributed by atoms with van der Waals surface area (Å²) in [6.45, 7) is 1.99. The van der Waals surface area contributed by atoms with Crippen molar-refractivity contribution >= 4 is 22.6 Å². The molecule has 3 rings (SSSR count). The van der Waals surface area contributed by atoms with Gasteiger partial charge in [-0.05, 0) is 31.4 Å². The van der Waals surface area contributed by atoms with Crippen molar-refractivity contribution < 1.29 is 9.90 Å². The predicted octanol–water partition coefficient (Wildman–Crippen LogP) is 2.92. The van der Waals surface area contributed by atoms with E-state index in [1.54, 1.807) is 6.07 Å². The lowest BCUT2D eigenvalue weighted by Gasteiger charge is -2.29. The Morgan fingerprint density at radius 2 is 1.89 bits per heavy atom. The van der Waals surface area contributed by atoms with E-state index < -0.39 is 5.97 Å². The number of aromatic nitrogens is 1. The third kappa shape index (κ3) is 2.26. The number of pyridine rings is 1. The first-order chi connectivity index (χ1) is 9.25. The number of hydrogen-bond acceptors (Lipinski definition) is 3. The van der Waals surface area contributed by atoms with Gasteiger partial charge in [-0.2, -0.15) is 0 Å². The average molecular weight is 256 g/mol. The van der Waals surface area contributed by atoms with Gasteiger partial charge >= 0.3 is 5.97 Å². The molecule has 0 radical (unpaired) electrons. The molecule has 0 spiro atoms. The van der Waals surface area contributed by atoms with Gasteiger partial charge in [-0.25, -0.2) is 9.78 Å². The predicted molar refractivity (Wildman–Crippen MR) is 74.8 cm³/mol. The molecule has 4 heteroatoms. The van der Waals surface area contributed by atoms with Gasteiger partial charge in [-0.3, -0.25) is 0 Å². The van der Waals surface area contributed by atoms with Gasteiger partial charge in [0.25, 0.3) is 0 Å². The van der Waals surface area contributed by atoms with Crippen LogP contribution < -0.4 is 4.90 Å². The van der Waals surface area contributed by atoms with Gasteiger partial charge in [0.2, 0.25) is 0 Å². The van der Waals surface area contributed by atoms with E-state index in [1.807, 2.05) is 24.3 Å². The lowest BCUT2D eigenvalue weighted by atomic mass is 10.1. The smallest absolute Gasteiger partial charge is 0.354 e. The van der Waals surface area contributed by atoms with Crippen LogP contribution >= 0.6 is 0 Å². The second kappa shape index (κ2) is 4.88. The molecule has 0 aliphatic carbocycles. The normalized spacial score (nSPS) is 15.7. The average Bonchev–Trinajstić information content (AvgIpc) is 2.47. The number of carboxylic acid groups (broad SMARTS) is 1. The van der Waals surface area contributed by atoms with Gasteiger partial charge in [0, 0.05) is 24.2 Å². The van der Waals surface area contributed by atoms with Crippen molar-refractivity contribution in [2.24, 2.45) is 0 Å². The number of hydrogen-bond donors (Lipinski definition) is 1. The minimum absolute atomic E-state index is 0.124. The highest BCUT2D eigenvalue weighted by atomic mass is 16.4.